The van der Waals surface area contributed by atoms with Crippen LogP contribution >= 0.6 is 11.6 Å². The lowest BCUT2D eigenvalue weighted by Gasteiger charge is -2.15. The first-order valence-corrected chi connectivity index (χ1v) is 7.33. The van der Waals surface area contributed by atoms with Gasteiger partial charge in [-0.25, -0.2) is 4.39 Å². The SMILES string of the molecule is Cc1ccc(O[C@@H](C)C(=O)Nc2ccc(F)c(Cl)c2)c([N+](=O)[O-])c1. The molecule has 1 N–H and O–H groups in total. The minimum Gasteiger partial charge on any atom is -0.474 e. The van der Waals surface area contributed by atoms with Gasteiger partial charge in [0.15, 0.2) is 11.9 Å². The second-order valence-corrected chi connectivity index (χ2v) is 5.51. The summed E-state index contributed by atoms with van der Waals surface area (Å²) >= 11 is 5.64. The van der Waals surface area contributed by atoms with Crippen molar-refractivity contribution in [2.75, 3.05) is 5.32 Å². The van der Waals surface area contributed by atoms with Crippen molar-refractivity contribution < 1.29 is 18.8 Å². The Balaban J connectivity index is 2.11. The van der Waals surface area contributed by atoms with Crippen molar-refractivity contribution in [1.82, 2.24) is 0 Å². The van der Waals surface area contributed by atoms with E-state index >= 15 is 0 Å². The van der Waals surface area contributed by atoms with Crippen LogP contribution in [0.3, 0.4) is 0 Å². The number of amides is 1. The Morgan fingerprint density at radius 2 is 2.04 bits per heavy atom. The summed E-state index contributed by atoms with van der Waals surface area (Å²) in [6.07, 6.45) is -1.00. The number of carbonyl (C=O) groups is 1. The second-order valence-electron chi connectivity index (χ2n) is 5.11. The Morgan fingerprint density at radius 3 is 2.67 bits per heavy atom. The lowest BCUT2D eigenvalue weighted by Crippen LogP contribution is -2.30. The fourth-order valence-corrected chi connectivity index (χ4v) is 2.11. The van der Waals surface area contributed by atoms with Crippen LogP contribution in [-0.2, 0) is 4.79 Å². The average molecular weight is 353 g/mol. The monoisotopic (exact) mass is 352 g/mol. The molecule has 0 aliphatic heterocycles. The van der Waals surface area contributed by atoms with E-state index in [1.165, 1.54) is 31.2 Å². The molecule has 0 saturated carbocycles. The van der Waals surface area contributed by atoms with Gasteiger partial charge in [-0.3, -0.25) is 14.9 Å². The van der Waals surface area contributed by atoms with Crippen LogP contribution in [0.2, 0.25) is 5.02 Å². The smallest absolute Gasteiger partial charge is 0.311 e. The molecule has 2 rings (SSSR count). The number of aryl methyl sites for hydroxylation is 1. The summed E-state index contributed by atoms with van der Waals surface area (Å²) in [5.41, 5.74) is 0.770. The zero-order valence-corrected chi connectivity index (χ0v) is 13.6. The molecular weight excluding hydrogens is 339 g/mol. The summed E-state index contributed by atoms with van der Waals surface area (Å²) in [5.74, 6) is -1.16. The quantitative estimate of drug-likeness (QED) is 0.648. The molecule has 0 aliphatic carbocycles. The van der Waals surface area contributed by atoms with Gasteiger partial charge in [-0.2, -0.15) is 0 Å². The third-order valence-corrected chi connectivity index (χ3v) is 3.46. The Morgan fingerprint density at radius 1 is 1.33 bits per heavy atom. The van der Waals surface area contributed by atoms with Gasteiger partial charge in [-0.15, -0.1) is 0 Å². The van der Waals surface area contributed by atoms with Gasteiger partial charge < -0.3 is 10.1 Å². The number of nitrogens with zero attached hydrogens (tertiary/aromatic N) is 1. The Kier molecular flexibility index (Phi) is 5.35. The number of nitro groups is 1. The van der Waals surface area contributed by atoms with E-state index in [0.717, 1.165) is 6.07 Å². The molecular formula is C16H14ClFN2O4. The largest absolute Gasteiger partial charge is 0.474 e. The molecule has 6 nitrogen and oxygen atoms in total. The summed E-state index contributed by atoms with van der Waals surface area (Å²) in [7, 11) is 0. The molecule has 24 heavy (non-hydrogen) atoms. The number of halogens is 2. The molecule has 0 radical (unpaired) electrons. The maximum absolute atomic E-state index is 13.1. The summed E-state index contributed by atoms with van der Waals surface area (Å²) in [6.45, 7) is 3.16. The van der Waals surface area contributed by atoms with Gasteiger partial charge >= 0.3 is 5.69 Å². The first-order chi connectivity index (χ1) is 11.3. The topological polar surface area (TPSA) is 81.5 Å². The summed E-state index contributed by atoms with van der Waals surface area (Å²) in [4.78, 5) is 22.6. The van der Waals surface area contributed by atoms with Crippen molar-refractivity contribution in [2.45, 2.75) is 20.0 Å². The van der Waals surface area contributed by atoms with Gasteiger partial charge in [-0.05, 0) is 43.7 Å². The molecule has 2 aromatic rings. The standard InChI is InChI=1S/C16H14ClFN2O4/c1-9-3-6-15(14(7-9)20(22)23)24-10(2)16(21)19-11-4-5-13(18)12(17)8-11/h3-8,10H,1-2H3,(H,19,21)/t10-/m0/s1. The molecule has 0 spiro atoms. The van der Waals surface area contributed by atoms with Crippen LogP contribution in [0.4, 0.5) is 15.8 Å². The van der Waals surface area contributed by atoms with E-state index in [2.05, 4.69) is 5.32 Å². The molecule has 1 amide bonds. The summed E-state index contributed by atoms with van der Waals surface area (Å²) in [6, 6.07) is 8.17. The number of nitro benzene ring substituents is 1. The van der Waals surface area contributed by atoms with E-state index in [-0.39, 0.29) is 16.5 Å². The van der Waals surface area contributed by atoms with Crippen LogP contribution in [0, 0.1) is 22.9 Å². The third-order valence-electron chi connectivity index (χ3n) is 3.17. The van der Waals surface area contributed by atoms with Crippen molar-refractivity contribution in [3.63, 3.8) is 0 Å². The highest BCUT2D eigenvalue weighted by Crippen LogP contribution is 2.29. The first-order valence-electron chi connectivity index (χ1n) is 6.95. The Labute approximate surface area is 142 Å². The lowest BCUT2D eigenvalue weighted by atomic mass is 10.2. The molecule has 2 aromatic carbocycles. The number of hydrogen-bond acceptors (Lipinski definition) is 4. The number of hydrogen-bond donors (Lipinski definition) is 1. The number of carbonyl (C=O) groups excluding carboxylic acids is 1. The van der Waals surface area contributed by atoms with E-state index in [1.54, 1.807) is 13.0 Å². The normalized spacial score (nSPS) is 11.7. The van der Waals surface area contributed by atoms with Crippen LogP contribution in [-0.4, -0.2) is 16.9 Å². The van der Waals surface area contributed by atoms with Crippen molar-refractivity contribution >= 4 is 28.9 Å². The minimum absolute atomic E-state index is 0.00890. The van der Waals surface area contributed by atoms with Gasteiger partial charge in [0, 0.05) is 11.8 Å². The fourth-order valence-electron chi connectivity index (χ4n) is 1.93. The highest BCUT2D eigenvalue weighted by atomic mass is 35.5. The number of anilines is 1. The highest BCUT2D eigenvalue weighted by Gasteiger charge is 2.21. The molecule has 0 unspecified atom stereocenters. The van der Waals surface area contributed by atoms with Crippen molar-refractivity contribution in [1.29, 1.82) is 0 Å². The van der Waals surface area contributed by atoms with E-state index in [0.29, 0.717) is 11.3 Å². The predicted octanol–water partition coefficient (Wildman–Crippen LogP) is 4.10. The van der Waals surface area contributed by atoms with Gasteiger partial charge in [0.25, 0.3) is 5.91 Å². The summed E-state index contributed by atoms with van der Waals surface area (Å²) < 4.78 is 18.5. The fraction of sp³-hybridized carbons (Fsp3) is 0.188. The van der Waals surface area contributed by atoms with Crippen LogP contribution in [0.1, 0.15) is 12.5 Å². The molecule has 8 heteroatoms. The van der Waals surface area contributed by atoms with E-state index in [9.17, 15) is 19.3 Å². The molecule has 0 aromatic heterocycles. The molecule has 0 fully saturated rings. The number of nitrogens with one attached hydrogen (secondary N) is 1. The number of rotatable bonds is 5. The third kappa shape index (κ3) is 4.20. The van der Waals surface area contributed by atoms with Crippen LogP contribution < -0.4 is 10.1 Å². The lowest BCUT2D eigenvalue weighted by molar-refractivity contribution is -0.386. The molecule has 0 heterocycles. The first kappa shape index (κ1) is 17.7. The number of benzene rings is 2. The second kappa shape index (κ2) is 7.27. The van der Waals surface area contributed by atoms with Crippen molar-refractivity contribution in [2.24, 2.45) is 0 Å². The van der Waals surface area contributed by atoms with E-state index in [1.807, 2.05) is 0 Å². The molecule has 0 bridgehead atoms. The average Bonchev–Trinajstić information content (AvgIpc) is 2.52. The molecule has 0 aliphatic rings. The Hall–Kier alpha value is -2.67. The molecule has 0 saturated heterocycles. The predicted molar refractivity (Wildman–Crippen MR) is 88.0 cm³/mol. The zero-order valence-electron chi connectivity index (χ0n) is 12.9. The van der Waals surface area contributed by atoms with Gasteiger partial charge in [0.2, 0.25) is 0 Å². The van der Waals surface area contributed by atoms with Gasteiger partial charge in [0.05, 0.1) is 9.95 Å². The van der Waals surface area contributed by atoms with E-state index < -0.39 is 22.8 Å². The number of ether oxygens (including phenoxy) is 1. The van der Waals surface area contributed by atoms with E-state index in [4.69, 9.17) is 16.3 Å². The zero-order chi connectivity index (χ0) is 17.9. The molecule has 126 valence electrons. The minimum atomic E-state index is -1.00. The van der Waals surface area contributed by atoms with Crippen molar-refractivity contribution in [3.05, 3.63) is 62.9 Å². The van der Waals surface area contributed by atoms with Crippen molar-refractivity contribution in [3.8, 4) is 5.75 Å². The maximum atomic E-state index is 13.1. The maximum Gasteiger partial charge on any atom is 0.311 e. The highest BCUT2D eigenvalue weighted by molar-refractivity contribution is 6.31. The van der Waals surface area contributed by atoms with Crippen LogP contribution in [0.25, 0.3) is 0 Å². The summed E-state index contributed by atoms with van der Waals surface area (Å²) in [5, 5.41) is 13.4. The Bertz CT molecular complexity index is 798. The van der Waals surface area contributed by atoms with Crippen LogP contribution in [0.5, 0.6) is 5.75 Å². The van der Waals surface area contributed by atoms with Gasteiger partial charge in [0.1, 0.15) is 5.82 Å². The van der Waals surface area contributed by atoms with Gasteiger partial charge in [-0.1, -0.05) is 17.7 Å². The van der Waals surface area contributed by atoms with Crippen LogP contribution in [0.15, 0.2) is 36.4 Å². The molecule has 1 atom stereocenters.